The van der Waals surface area contributed by atoms with Crippen LogP contribution in [0.3, 0.4) is 0 Å². The second-order valence-corrected chi connectivity index (χ2v) is 8.07. The zero-order chi connectivity index (χ0) is 19.0. The number of ketones is 1. The molecule has 1 aliphatic rings. The molecule has 0 spiro atoms. The van der Waals surface area contributed by atoms with E-state index in [0.717, 1.165) is 34.6 Å². The largest absolute Gasteiger partial charge is 0.466 e. The van der Waals surface area contributed by atoms with Crippen LogP contribution in [0.5, 0.6) is 0 Å². The van der Waals surface area contributed by atoms with Gasteiger partial charge in [0.05, 0.1) is 21.8 Å². The van der Waals surface area contributed by atoms with Gasteiger partial charge >= 0.3 is 0 Å². The maximum absolute atomic E-state index is 12.8. The van der Waals surface area contributed by atoms with Crippen LogP contribution in [0.4, 0.5) is 0 Å². The minimum atomic E-state index is -0.00994. The number of likely N-dealkylation sites (tertiary alicyclic amines) is 1. The van der Waals surface area contributed by atoms with E-state index in [0.29, 0.717) is 29.9 Å². The molecule has 1 amide bonds. The van der Waals surface area contributed by atoms with Crippen molar-refractivity contribution in [3.8, 4) is 0 Å². The first-order chi connectivity index (χ1) is 13.0. The number of amides is 1. The molecular weight excluding hydrogens is 360 g/mol. The van der Waals surface area contributed by atoms with Crippen LogP contribution in [0, 0.1) is 6.92 Å². The monoisotopic (exact) mass is 382 g/mol. The van der Waals surface area contributed by atoms with E-state index in [9.17, 15) is 9.59 Å². The Balaban J connectivity index is 1.46. The summed E-state index contributed by atoms with van der Waals surface area (Å²) in [5.41, 5.74) is 1.60. The highest BCUT2D eigenvalue weighted by molar-refractivity contribution is 7.18. The minimum Gasteiger partial charge on any atom is -0.466 e. The van der Waals surface area contributed by atoms with E-state index in [1.54, 1.807) is 24.3 Å². The molecule has 140 valence electrons. The fourth-order valence-electron chi connectivity index (χ4n) is 3.74. The average Bonchev–Trinajstić information content (AvgIpc) is 3.36. The molecule has 2 aromatic heterocycles. The number of hydrogen-bond donors (Lipinski definition) is 0. The highest BCUT2D eigenvalue weighted by Crippen LogP contribution is 2.36. The number of Topliss-reactive ketones (excluding diaryl/α,β-unsaturated/α-hetero) is 1. The lowest BCUT2D eigenvalue weighted by Crippen LogP contribution is -2.30. The molecule has 1 fully saturated rings. The number of aryl methyl sites for hydroxylation is 2. The van der Waals surface area contributed by atoms with Gasteiger partial charge in [0, 0.05) is 19.4 Å². The van der Waals surface area contributed by atoms with Crippen molar-refractivity contribution in [2.75, 3.05) is 6.54 Å². The zero-order valence-corrected chi connectivity index (χ0v) is 16.3. The van der Waals surface area contributed by atoms with E-state index in [-0.39, 0.29) is 17.7 Å². The number of nitrogens with zero attached hydrogens (tertiary/aromatic N) is 2. The molecular formula is C21H22N2O3S. The molecule has 0 radical (unpaired) electrons. The second-order valence-electron chi connectivity index (χ2n) is 7.00. The summed E-state index contributed by atoms with van der Waals surface area (Å²) in [7, 11) is 0. The van der Waals surface area contributed by atoms with Crippen molar-refractivity contribution in [1.29, 1.82) is 0 Å². The third-order valence-corrected chi connectivity index (χ3v) is 6.24. The Morgan fingerprint density at radius 3 is 2.89 bits per heavy atom. The van der Waals surface area contributed by atoms with Gasteiger partial charge in [-0.1, -0.05) is 12.1 Å². The molecule has 3 aromatic rings. The van der Waals surface area contributed by atoms with Gasteiger partial charge in [0.1, 0.15) is 16.5 Å². The smallest absolute Gasteiger partial charge is 0.223 e. The van der Waals surface area contributed by atoms with Gasteiger partial charge in [0.25, 0.3) is 0 Å². The van der Waals surface area contributed by atoms with Crippen LogP contribution in [-0.4, -0.2) is 28.1 Å². The van der Waals surface area contributed by atoms with Crippen LogP contribution in [-0.2, 0) is 11.2 Å². The van der Waals surface area contributed by atoms with Crippen molar-refractivity contribution >= 4 is 33.2 Å². The Morgan fingerprint density at radius 1 is 1.33 bits per heavy atom. The molecule has 1 atom stereocenters. The van der Waals surface area contributed by atoms with Crippen LogP contribution < -0.4 is 0 Å². The third kappa shape index (κ3) is 3.54. The quantitative estimate of drug-likeness (QED) is 0.600. The molecule has 5 nitrogen and oxygen atoms in total. The van der Waals surface area contributed by atoms with Crippen molar-refractivity contribution < 1.29 is 14.0 Å². The van der Waals surface area contributed by atoms with Gasteiger partial charge in [-0.05, 0) is 44.9 Å². The highest BCUT2D eigenvalue weighted by atomic mass is 32.1. The van der Waals surface area contributed by atoms with Crippen LogP contribution in [0.1, 0.15) is 59.1 Å². The Kier molecular flexibility index (Phi) is 4.83. The Hall–Kier alpha value is -2.47. The summed E-state index contributed by atoms with van der Waals surface area (Å²) >= 11 is 1.68. The fraction of sp³-hybridized carbons (Fsp3) is 0.381. The molecule has 0 saturated carbocycles. The van der Waals surface area contributed by atoms with E-state index in [1.807, 2.05) is 23.1 Å². The lowest BCUT2D eigenvalue weighted by molar-refractivity contribution is -0.132. The number of carbonyl (C=O) groups is 2. The molecule has 6 heteroatoms. The first-order valence-electron chi connectivity index (χ1n) is 9.28. The first-order valence-corrected chi connectivity index (χ1v) is 10.1. The molecule has 1 aromatic carbocycles. The van der Waals surface area contributed by atoms with Crippen molar-refractivity contribution in [3.63, 3.8) is 0 Å². The van der Waals surface area contributed by atoms with E-state index < -0.39 is 0 Å². The SMILES string of the molecule is CC(=O)c1cc(CCC(=O)N2CCCC2c2nc3ccccc3s2)oc1C. The van der Waals surface area contributed by atoms with Gasteiger partial charge in [-0.15, -0.1) is 11.3 Å². The minimum absolute atomic E-state index is 0.00994. The Labute approximate surface area is 162 Å². The number of para-hydroxylation sites is 1. The van der Waals surface area contributed by atoms with Gasteiger partial charge in [0.15, 0.2) is 5.78 Å². The number of aromatic nitrogens is 1. The van der Waals surface area contributed by atoms with Gasteiger partial charge < -0.3 is 9.32 Å². The van der Waals surface area contributed by atoms with Crippen molar-refractivity contribution in [2.45, 2.75) is 45.6 Å². The lowest BCUT2D eigenvalue weighted by Gasteiger charge is -2.23. The molecule has 27 heavy (non-hydrogen) atoms. The lowest BCUT2D eigenvalue weighted by atomic mass is 10.1. The van der Waals surface area contributed by atoms with Crippen LogP contribution in [0.15, 0.2) is 34.7 Å². The molecule has 1 saturated heterocycles. The number of rotatable bonds is 5. The van der Waals surface area contributed by atoms with Gasteiger partial charge in [-0.3, -0.25) is 9.59 Å². The van der Waals surface area contributed by atoms with E-state index in [2.05, 4.69) is 6.07 Å². The van der Waals surface area contributed by atoms with E-state index >= 15 is 0 Å². The predicted octanol–water partition coefficient (Wildman–Crippen LogP) is 4.70. The van der Waals surface area contributed by atoms with Gasteiger partial charge in [-0.2, -0.15) is 0 Å². The summed E-state index contributed by atoms with van der Waals surface area (Å²) in [5.74, 6) is 1.43. The zero-order valence-electron chi connectivity index (χ0n) is 15.5. The predicted molar refractivity (Wildman–Crippen MR) is 105 cm³/mol. The van der Waals surface area contributed by atoms with E-state index in [4.69, 9.17) is 9.40 Å². The Bertz CT molecular complexity index is 971. The van der Waals surface area contributed by atoms with Crippen LogP contribution >= 0.6 is 11.3 Å². The molecule has 0 bridgehead atoms. The van der Waals surface area contributed by atoms with Crippen LogP contribution in [0.25, 0.3) is 10.2 Å². The van der Waals surface area contributed by atoms with Gasteiger partial charge in [0.2, 0.25) is 5.91 Å². The summed E-state index contributed by atoms with van der Waals surface area (Å²) in [6.07, 6.45) is 2.85. The number of carbonyl (C=O) groups excluding carboxylic acids is 2. The number of thiazole rings is 1. The topological polar surface area (TPSA) is 63.4 Å². The molecule has 4 rings (SSSR count). The van der Waals surface area contributed by atoms with Gasteiger partial charge in [-0.25, -0.2) is 4.98 Å². The van der Waals surface area contributed by atoms with Crippen molar-refractivity contribution in [1.82, 2.24) is 9.88 Å². The average molecular weight is 382 g/mol. The number of furan rings is 1. The third-order valence-electron chi connectivity index (χ3n) is 5.10. The standard InChI is InChI=1S/C21H22N2O3S/c1-13(24)16-12-15(26-14(16)2)9-10-20(25)23-11-5-7-18(23)21-22-17-6-3-4-8-19(17)27-21/h3-4,6,8,12,18H,5,7,9-11H2,1-2H3. The number of hydrogen-bond acceptors (Lipinski definition) is 5. The van der Waals surface area contributed by atoms with E-state index in [1.165, 1.54) is 6.92 Å². The van der Waals surface area contributed by atoms with Crippen molar-refractivity contribution in [2.24, 2.45) is 0 Å². The molecule has 1 unspecified atom stereocenters. The molecule has 1 aliphatic heterocycles. The molecule has 0 aliphatic carbocycles. The maximum atomic E-state index is 12.8. The number of fused-ring (bicyclic) bond motifs is 1. The summed E-state index contributed by atoms with van der Waals surface area (Å²) in [6.45, 7) is 4.08. The summed E-state index contributed by atoms with van der Waals surface area (Å²) in [4.78, 5) is 31.1. The maximum Gasteiger partial charge on any atom is 0.223 e. The second kappa shape index (κ2) is 7.27. The Morgan fingerprint density at radius 2 is 2.15 bits per heavy atom. The normalized spacial score (nSPS) is 17.0. The molecule has 0 N–H and O–H groups in total. The van der Waals surface area contributed by atoms with Crippen LogP contribution in [0.2, 0.25) is 0 Å². The number of benzene rings is 1. The summed E-state index contributed by atoms with van der Waals surface area (Å²) < 4.78 is 6.80. The summed E-state index contributed by atoms with van der Waals surface area (Å²) in [5, 5.41) is 1.02. The highest BCUT2D eigenvalue weighted by Gasteiger charge is 2.32. The summed E-state index contributed by atoms with van der Waals surface area (Å²) in [6, 6.07) is 9.93. The fourth-order valence-corrected chi connectivity index (χ4v) is 4.86. The molecule has 3 heterocycles. The first kappa shape index (κ1) is 17.9. The van der Waals surface area contributed by atoms with Crippen molar-refractivity contribution in [3.05, 3.63) is 52.4 Å².